The summed E-state index contributed by atoms with van der Waals surface area (Å²) in [5, 5.41) is 19.6. The first kappa shape index (κ1) is 18.5. The van der Waals surface area contributed by atoms with Crippen LogP contribution in [0.4, 0.5) is 13.2 Å². The van der Waals surface area contributed by atoms with Crippen LogP contribution in [-0.4, -0.2) is 36.3 Å². The highest BCUT2D eigenvalue weighted by Crippen LogP contribution is 2.44. The molecule has 9 heteroatoms. The quantitative estimate of drug-likeness (QED) is 0.842. The Labute approximate surface area is 143 Å². The molecule has 2 N–H and O–H groups in total. The van der Waals surface area contributed by atoms with Gasteiger partial charge >= 0.3 is 5.51 Å². The number of rotatable bonds is 3. The number of aliphatic hydroxyl groups excluding tert-OH is 2. The summed E-state index contributed by atoms with van der Waals surface area (Å²) in [6.07, 6.45) is 0.969. The van der Waals surface area contributed by atoms with Gasteiger partial charge in [0.25, 0.3) is 9.84 Å². The van der Waals surface area contributed by atoms with Crippen molar-refractivity contribution < 1.29 is 36.5 Å². The number of sulfone groups is 1. The van der Waals surface area contributed by atoms with Gasteiger partial charge in [-0.2, -0.15) is 13.2 Å². The molecule has 0 amide bonds. The Balaban J connectivity index is 1.97. The van der Waals surface area contributed by atoms with Gasteiger partial charge < -0.3 is 14.9 Å². The second-order valence-corrected chi connectivity index (χ2v) is 8.42. The van der Waals surface area contributed by atoms with Crippen molar-refractivity contribution >= 4 is 9.84 Å². The number of ether oxygens (including phenoxy) is 1. The highest BCUT2D eigenvalue weighted by atomic mass is 32.2. The predicted octanol–water partition coefficient (Wildman–Crippen LogP) is 2.64. The van der Waals surface area contributed by atoms with Gasteiger partial charge in [0, 0.05) is 11.1 Å². The van der Waals surface area contributed by atoms with E-state index in [9.17, 15) is 31.8 Å². The van der Waals surface area contributed by atoms with Crippen LogP contribution in [0.15, 0.2) is 17.0 Å². The van der Waals surface area contributed by atoms with Crippen molar-refractivity contribution in [3.05, 3.63) is 23.3 Å². The number of halogens is 3. The molecule has 3 rings (SSSR count). The number of hydrogen-bond donors (Lipinski definition) is 2. The van der Waals surface area contributed by atoms with Gasteiger partial charge in [0.15, 0.2) is 0 Å². The van der Waals surface area contributed by atoms with Crippen LogP contribution in [0.25, 0.3) is 0 Å². The van der Waals surface area contributed by atoms with Crippen LogP contribution in [0.1, 0.15) is 49.3 Å². The van der Waals surface area contributed by atoms with Crippen LogP contribution >= 0.6 is 0 Å². The van der Waals surface area contributed by atoms with Crippen LogP contribution in [0.2, 0.25) is 0 Å². The zero-order chi connectivity index (χ0) is 18.4. The molecule has 2 aliphatic carbocycles. The van der Waals surface area contributed by atoms with E-state index in [0.717, 1.165) is 6.07 Å². The lowest BCUT2D eigenvalue weighted by atomic mass is 9.95. The Kier molecular flexibility index (Phi) is 4.76. The maximum Gasteiger partial charge on any atom is 0.501 e. The average molecular weight is 380 g/mol. The topological polar surface area (TPSA) is 83.8 Å². The number of benzene rings is 1. The van der Waals surface area contributed by atoms with E-state index in [1.807, 2.05) is 0 Å². The summed E-state index contributed by atoms with van der Waals surface area (Å²) in [6.45, 7) is 0. The molecule has 5 nitrogen and oxygen atoms in total. The van der Waals surface area contributed by atoms with E-state index < -0.39 is 26.3 Å². The Hall–Kier alpha value is -1.32. The number of aliphatic hydroxyl groups is 2. The zero-order valence-electron chi connectivity index (χ0n) is 13.3. The number of alkyl halides is 3. The minimum absolute atomic E-state index is 0.152. The maximum absolute atomic E-state index is 12.9. The van der Waals surface area contributed by atoms with E-state index in [-0.39, 0.29) is 30.6 Å². The molecule has 1 aromatic rings. The normalized spacial score (nSPS) is 27.2. The minimum atomic E-state index is -5.54. The summed E-state index contributed by atoms with van der Waals surface area (Å²) >= 11 is 0. The Morgan fingerprint density at radius 3 is 2.28 bits per heavy atom. The molecule has 1 fully saturated rings. The Bertz CT molecular complexity index is 752. The third-order valence-corrected chi connectivity index (χ3v) is 6.35. The summed E-state index contributed by atoms with van der Waals surface area (Å²) < 4.78 is 68.1. The lowest BCUT2D eigenvalue weighted by Gasteiger charge is -2.27. The molecule has 0 heterocycles. The standard InChI is InChI=1S/C16H19F3O5S/c17-16(18,19)25(22,23)14-8-7-13(11-5-6-12(21)15(11)14)24-10-3-1-9(20)2-4-10/h7-10,12,20-21H,1-6H2. The maximum atomic E-state index is 12.9. The molecule has 1 atom stereocenters. The second-order valence-electron chi connectivity index (χ2n) is 6.51. The molecule has 0 aromatic heterocycles. The number of fused-ring (bicyclic) bond motifs is 1. The highest BCUT2D eigenvalue weighted by Gasteiger charge is 2.49. The van der Waals surface area contributed by atoms with Crippen molar-refractivity contribution in [3.63, 3.8) is 0 Å². The van der Waals surface area contributed by atoms with Crippen molar-refractivity contribution in [1.29, 1.82) is 0 Å². The Morgan fingerprint density at radius 2 is 1.68 bits per heavy atom. The fourth-order valence-electron chi connectivity index (χ4n) is 3.48. The van der Waals surface area contributed by atoms with Gasteiger partial charge in [0.2, 0.25) is 0 Å². The van der Waals surface area contributed by atoms with Crippen molar-refractivity contribution in [2.45, 2.75) is 67.2 Å². The molecule has 0 bridgehead atoms. The molecule has 0 aliphatic heterocycles. The van der Waals surface area contributed by atoms with Crippen LogP contribution in [0.5, 0.6) is 5.75 Å². The highest BCUT2D eigenvalue weighted by molar-refractivity contribution is 7.92. The molecule has 2 aliphatic rings. The number of hydrogen-bond acceptors (Lipinski definition) is 5. The van der Waals surface area contributed by atoms with Gasteiger partial charge in [0.05, 0.1) is 23.2 Å². The monoisotopic (exact) mass is 380 g/mol. The fraction of sp³-hybridized carbons (Fsp3) is 0.625. The third kappa shape index (κ3) is 3.37. The summed E-state index contributed by atoms with van der Waals surface area (Å²) in [4.78, 5) is -0.897. The third-order valence-electron chi connectivity index (χ3n) is 4.81. The van der Waals surface area contributed by atoms with Gasteiger partial charge in [0.1, 0.15) is 5.75 Å². The smallest absolute Gasteiger partial charge is 0.490 e. The zero-order valence-corrected chi connectivity index (χ0v) is 14.1. The fourth-order valence-corrected chi connectivity index (χ4v) is 4.53. The van der Waals surface area contributed by atoms with E-state index in [2.05, 4.69) is 0 Å². The molecule has 140 valence electrons. The summed E-state index contributed by atoms with van der Waals surface area (Å²) in [5.74, 6) is 0.314. The molecule has 0 radical (unpaired) electrons. The van der Waals surface area contributed by atoms with Gasteiger partial charge in [-0.3, -0.25) is 0 Å². The van der Waals surface area contributed by atoms with Gasteiger partial charge in [-0.1, -0.05) is 0 Å². The van der Waals surface area contributed by atoms with E-state index in [4.69, 9.17) is 4.74 Å². The van der Waals surface area contributed by atoms with E-state index in [0.29, 0.717) is 37.0 Å². The van der Waals surface area contributed by atoms with Crippen LogP contribution < -0.4 is 4.74 Å². The lowest BCUT2D eigenvalue weighted by molar-refractivity contribution is -0.0437. The van der Waals surface area contributed by atoms with Crippen LogP contribution in [-0.2, 0) is 16.3 Å². The lowest BCUT2D eigenvalue weighted by Crippen LogP contribution is -2.27. The van der Waals surface area contributed by atoms with Crippen molar-refractivity contribution in [2.24, 2.45) is 0 Å². The van der Waals surface area contributed by atoms with Crippen LogP contribution in [0, 0.1) is 0 Å². The van der Waals surface area contributed by atoms with E-state index in [1.54, 1.807) is 0 Å². The first-order chi connectivity index (χ1) is 11.6. The summed E-state index contributed by atoms with van der Waals surface area (Å²) in [7, 11) is -5.54. The van der Waals surface area contributed by atoms with Crippen molar-refractivity contribution in [2.75, 3.05) is 0 Å². The average Bonchev–Trinajstić information content (AvgIpc) is 2.91. The predicted molar refractivity (Wildman–Crippen MR) is 81.9 cm³/mol. The second kappa shape index (κ2) is 6.44. The summed E-state index contributed by atoms with van der Waals surface area (Å²) in [5.41, 5.74) is -5.31. The van der Waals surface area contributed by atoms with E-state index in [1.165, 1.54) is 6.07 Å². The summed E-state index contributed by atoms with van der Waals surface area (Å²) in [6, 6.07) is 2.10. The van der Waals surface area contributed by atoms with Crippen molar-refractivity contribution in [1.82, 2.24) is 0 Å². The van der Waals surface area contributed by atoms with Crippen molar-refractivity contribution in [3.8, 4) is 5.75 Å². The first-order valence-electron chi connectivity index (χ1n) is 8.11. The molecule has 1 aromatic carbocycles. The molecule has 25 heavy (non-hydrogen) atoms. The Morgan fingerprint density at radius 1 is 1.04 bits per heavy atom. The van der Waals surface area contributed by atoms with Gasteiger partial charge in [-0.05, 0) is 50.7 Å². The van der Waals surface area contributed by atoms with E-state index >= 15 is 0 Å². The SMILES string of the molecule is O=S(=O)(c1ccc(OC2CCC(O)CC2)c2c1C(O)CC2)C(F)(F)F. The van der Waals surface area contributed by atoms with Gasteiger partial charge in [-0.25, -0.2) is 8.42 Å². The molecule has 0 saturated heterocycles. The molecule has 1 saturated carbocycles. The first-order valence-corrected chi connectivity index (χ1v) is 9.59. The largest absolute Gasteiger partial charge is 0.501 e. The minimum Gasteiger partial charge on any atom is -0.490 e. The molecule has 0 spiro atoms. The molecular formula is C16H19F3O5S. The van der Waals surface area contributed by atoms with Crippen LogP contribution in [0.3, 0.4) is 0 Å². The molecular weight excluding hydrogens is 361 g/mol. The van der Waals surface area contributed by atoms with Gasteiger partial charge in [-0.15, -0.1) is 0 Å². The molecule has 1 unspecified atom stereocenters.